The van der Waals surface area contributed by atoms with Gasteiger partial charge in [0.05, 0.1) is 21.0 Å². The second-order valence-electron chi connectivity index (χ2n) is 11.7. The summed E-state index contributed by atoms with van der Waals surface area (Å²) in [5, 5.41) is 2.63. The minimum Gasteiger partial charge on any atom is -0.448 e. The lowest BCUT2D eigenvalue weighted by Crippen LogP contribution is -2.47. The first kappa shape index (κ1) is 25.5. The van der Waals surface area contributed by atoms with Crippen molar-refractivity contribution in [2.45, 2.75) is 69.7 Å². The number of pyridine rings is 1. The molecule has 3 atom stereocenters. The van der Waals surface area contributed by atoms with Crippen molar-refractivity contribution < 1.29 is 21.7 Å². The molecule has 2 N–H and O–H groups in total. The van der Waals surface area contributed by atoms with Gasteiger partial charge in [-0.25, -0.2) is 0 Å². The highest BCUT2D eigenvalue weighted by Gasteiger charge is 2.49. The predicted octanol–water partition coefficient (Wildman–Crippen LogP) is 4.92. The van der Waals surface area contributed by atoms with Gasteiger partial charge in [0.2, 0.25) is 0 Å². The van der Waals surface area contributed by atoms with Crippen LogP contribution in [0.1, 0.15) is 62.5 Å². The number of ether oxygens (including phenoxy) is 3. The second kappa shape index (κ2) is 10.9. The molecule has 1 saturated carbocycles. The molecule has 1 aromatic heterocycles. The molecule has 3 fully saturated rings. The Morgan fingerprint density at radius 3 is 2.52 bits per heavy atom. The Hall–Kier alpha value is -2.20. The average molecular weight is 590 g/mol. The SMILES string of the molecule is [2H]C([2H])(NC(=O)c1cc(Cl)c2c(c1C)O[C@](C)(C1CCC(N3CC4COCC4C3)CC1)O2)c1c(SC)cc(C)[nH]c1=O. The van der Waals surface area contributed by atoms with Crippen molar-refractivity contribution in [2.24, 2.45) is 17.8 Å². The summed E-state index contributed by atoms with van der Waals surface area (Å²) in [4.78, 5) is 31.9. The number of carbonyl (C=O) groups is 1. The number of aryl methyl sites for hydroxylation is 1. The van der Waals surface area contributed by atoms with Crippen molar-refractivity contribution in [2.75, 3.05) is 32.6 Å². The summed E-state index contributed by atoms with van der Waals surface area (Å²) in [5.41, 5.74) is 0.550. The van der Waals surface area contributed by atoms with E-state index in [1.807, 2.05) is 6.92 Å². The summed E-state index contributed by atoms with van der Waals surface area (Å²) in [7, 11) is 0. The molecule has 2 unspecified atom stereocenters. The molecule has 2 aromatic rings. The van der Waals surface area contributed by atoms with Crippen LogP contribution in [0, 0.1) is 31.6 Å². The highest BCUT2D eigenvalue weighted by molar-refractivity contribution is 7.98. The van der Waals surface area contributed by atoms with Crippen LogP contribution in [0.5, 0.6) is 11.5 Å². The van der Waals surface area contributed by atoms with Crippen molar-refractivity contribution in [3.05, 3.63) is 49.9 Å². The van der Waals surface area contributed by atoms with Crippen molar-refractivity contribution >= 4 is 29.3 Å². The lowest BCUT2D eigenvalue weighted by molar-refractivity contribution is -0.124. The standard InChI is InChI=1S/C30H38ClN3O5S/c1-16-9-25(40-4)23(29(36)33-16)11-32-28(35)22-10-24(31)27-26(17(22)2)38-30(3,39-27)20-5-7-21(8-6-20)34-12-18-14-37-15-19(18)13-34/h9-10,18-21H,5-8,11-15H2,1-4H3,(H,32,35)(H,33,36)/t18?,19?,20?,21?,30-/m0/s1/i11D2. The number of fused-ring (bicyclic) bond motifs is 2. The van der Waals surface area contributed by atoms with E-state index in [9.17, 15) is 9.59 Å². The maximum absolute atomic E-state index is 13.4. The number of aromatic amines is 1. The van der Waals surface area contributed by atoms with Gasteiger partial charge in [0, 0.05) is 77.6 Å². The van der Waals surface area contributed by atoms with Crippen LogP contribution in [-0.4, -0.2) is 60.2 Å². The Morgan fingerprint density at radius 2 is 1.85 bits per heavy atom. The van der Waals surface area contributed by atoms with E-state index in [0.717, 1.165) is 52.0 Å². The Labute approximate surface area is 247 Å². The minimum absolute atomic E-state index is 0.146. The van der Waals surface area contributed by atoms with Crippen LogP contribution < -0.4 is 20.3 Å². The molecule has 0 bridgehead atoms. The fraction of sp³-hybridized carbons (Fsp3) is 0.600. The number of likely N-dealkylation sites (tertiary alicyclic amines) is 1. The van der Waals surface area contributed by atoms with Gasteiger partial charge in [0.15, 0.2) is 11.5 Å². The Morgan fingerprint density at radius 1 is 1.18 bits per heavy atom. The first-order valence-electron chi connectivity index (χ1n) is 15.0. The van der Waals surface area contributed by atoms with Crippen LogP contribution in [0.2, 0.25) is 5.02 Å². The number of benzene rings is 1. The van der Waals surface area contributed by atoms with Crippen LogP contribution in [0.3, 0.4) is 0 Å². The van der Waals surface area contributed by atoms with Gasteiger partial charge in [0.1, 0.15) is 0 Å². The molecule has 216 valence electrons. The number of nitrogens with one attached hydrogen (secondary N) is 2. The zero-order valence-electron chi connectivity index (χ0n) is 25.4. The minimum atomic E-state index is -2.43. The lowest BCUT2D eigenvalue weighted by atomic mass is 9.81. The zero-order valence-corrected chi connectivity index (χ0v) is 25.0. The third kappa shape index (κ3) is 5.03. The monoisotopic (exact) mass is 589 g/mol. The van der Waals surface area contributed by atoms with Crippen molar-refractivity contribution in [3.63, 3.8) is 0 Å². The maximum Gasteiger partial charge on any atom is 0.254 e. The molecule has 2 saturated heterocycles. The number of hydrogen-bond acceptors (Lipinski definition) is 7. The van der Waals surface area contributed by atoms with E-state index >= 15 is 0 Å². The van der Waals surface area contributed by atoms with Crippen molar-refractivity contribution in [1.29, 1.82) is 0 Å². The molecular weight excluding hydrogens is 550 g/mol. The molecule has 10 heteroatoms. The summed E-state index contributed by atoms with van der Waals surface area (Å²) in [5.74, 6) is 0.706. The molecule has 8 nitrogen and oxygen atoms in total. The number of thioether (sulfide) groups is 1. The van der Waals surface area contributed by atoms with E-state index in [1.165, 1.54) is 17.8 Å². The van der Waals surface area contributed by atoms with Gasteiger partial charge in [-0.05, 0) is 57.9 Å². The third-order valence-electron chi connectivity index (χ3n) is 9.17. The summed E-state index contributed by atoms with van der Waals surface area (Å²) in [6.07, 6.45) is 5.84. The van der Waals surface area contributed by atoms with Crippen LogP contribution >= 0.6 is 23.4 Å². The van der Waals surface area contributed by atoms with E-state index in [-0.39, 0.29) is 22.1 Å². The largest absolute Gasteiger partial charge is 0.448 e. The molecule has 4 heterocycles. The average Bonchev–Trinajstić information content (AvgIpc) is 3.64. The van der Waals surface area contributed by atoms with Crippen LogP contribution in [-0.2, 0) is 11.2 Å². The Balaban J connectivity index is 1.17. The summed E-state index contributed by atoms with van der Waals surface area (Å²) < 4.78 is 35.7. The Bertz CT molecular complexity index is 1450. The first-order valence-corrected chi connectivity index (χ1v) is 15.6. The van der Waals surface area contributed by atoms with Gasteiger partial charge >= 0.3 is 0 Å². The number of hydrogen-bond donors (Lipinski definition) is 2. The smallest absolute Gasteiger partial charge is 0.254 e. The molecule has 1 amide bonds. The molecule has 40 heavy (non-hydrogen) atoms. The first-order chi connectivity index (χ1) is 19.9. The lowest BCUT2D eigenvalue weighted by Gasteiger charge is -2.40. The van der Waals surface area contributed by atoms with E-state index in [4.69, 9.17) is 28.6 Å². The van der Waals surface area contributed by atoms with E-state index < -0.39 is 23.8 Å². The van der Waals surface area contributed by atoms with Crippen molar-refractivity contribution in [3.8, 4) is 11.5 Å². The van der Waals surface area contributed by atoms with Gasteiger partial charge in [-0.1, -0.05) is 11.6 Å². The Kier molecular flexibility index (Phi) is 6.95. The summed E-state index contributed by atoms with van der Waals surface area (Å²) in [6, 6.07) is 3.74. The number of nitrogens with zero attached hydrogens (tertiary/aromatic N) is 1. The van der Waals surface area contributed by atoms with Crippen LogP contribution in [0.25, 0.3) is 0 Å². The summed E-state index contributed by atoms with van der Waals surface area (Å²) in [6.45, 7) is 7.02. The van der Waals surface area contributed by atoms with E-state index in [0.29, 0.717) is 45.5 Å². The predicted molar refractivity (Wildman–Crippen MR) is 156 cm³/mol. The van der Waals surface area contributed by atoms with Gasteiger partial charge in [0.25, 0.3) is 17.3 Å². The number of carbonyl (C=O) groups excluding carboxylic acids is 1. The van der Waals surface area contributed by atoms with Crippen molar-refractivity contribution in [1.82, 2.24) is 15.2 Å². The fourth-order valence-electron chi connectivity index (χ4n) is 6.86. The molecule has 4 aliphatic rings. The van der Waals surface area contributed by atoms with Gasteiger partial charge < -0.3 is 24.5 Å². The summed E-state index contributed by atoms with van der Waals surface area (Å²) >= 11 is 7.88. The van der Waals surface area contributed by atoms with E-state index in [2.05, 4.69) is 15.2 Å². The normalized spacial score (nSPS) is 30.6. The molecular formula is C30H38ClN3O5S. The van der Waals surface area contributed by atoms with Gasteiger partial charge in [-0.15, -0.1) is 11.8 Å². The topological polar surface area (TPSA) is 92.9 Å². The third-order valence-corrected chi connectivity index (χ3v) is 10.2. The second-order valence-corrected chi connectivity index (χ2v) is 13.0. The number of H-pyrrole nitrogens is 1. The molecule has 0 radical (unpaired) electrons. The van der Waals surface area contributed by atoms with Gasteiger partial charge in [-0.2, -0.15) is 0 Å². The molecule has 3 aliphatic heterocycles. The number of halogens is 1. The molecule has 6 rings (SSSR count). The van der Waals surface area contributed by atoms with Gasteiger partial charge in [-0.3, -0.25) is 14.5 Å². The van der Waals surface area contributed by atoms with Crippen LogP contribution in [0.15, 0.2) is 21.8 Å². The maximum atomic E-state index is 13.4. The van der Waals surface area contributed by atoms with Crippen LogP contribution in [0.4, 0.5) is 0 Å². The number of amides is 1. The number of aromatic nitrogens is 1. The fourth-order valence-corrected chi connectivity index (χ4v) is 7.74. The molecule has 1 aliphatic carbocycles. The highest BCUT2D eigenvalue weighted by Crippen LogP contribution is 2.52. The number of rotatable bonds is 6. The highest BCUT2D eigenvalue weighted by atomic mass is 35.5. The molecule has 0 spiro atoms. The van der Waals surface area contributed by atoms with E-state index in [1.54, 1.807) is 26.2 Å². The quantitative estimate of drug-likeness (QED) is 0.462. The molecule has 1 aromatic carbocycles. The zero-order chi connectivity index (χ0) is 30.0.